The number of aryl methyl sites for hydroxylation is 1. The van der Waals surface area contributed by atoms with Gasteiger partial charge >= 0.3 is 0 Å². The van der Waals surface area contributed by atoms with E-state index in [2.05, 4.69) is 10.2 Å². The number of halogens is 1. The lowest BCUT2D eigenvalue weighted by atomic mass is 10.2. The number of benzene rings is 3. The van der Waals surface area contributed by atoms with Crippen LogP contribution in [-0.2, 0) is 0 Å². The molecule has 3 aromatic carbocycles. The second-order valence-corrected chi connectivity index (χ2v) is 7.88. The second-order valence-electron chi connectivity index (χ2n) is 6.53. The van der Waals surface area contributed by atoms with E-state index in [1.54, 1.807) is 0 Å². The molecule has 0 unspecified atom stereocenters. The third-order valence-corrected chi connectivity index (χ3v) is 5.73. The molecule has 1 heterocycles. The summed E-state index contributed by atoms with van der Waals surface area (Å²) in [5, 5.41) is 10.0. The molecule has 4 rings (SSSR count). The van der Waals surface area contributed by atoms with Crippen molar-refractivity contribution in [3.05, 3.63) is 95.0 Å². The summed E-state index contributed by atoms with van der Waals surface area (Å²) < 4.78 is 1.95. The molecule has 144 valence electrons. The summed E-state index contributed by atoms with van der Waals surface area (Å²) in [6, 6.07) is 24.9. The molecule has 4 aromatic rings. The van der Waals surface area contributed by atoms with Gasteiger partial charge in [-0.3, -0.25) is 9.36 Å². The van der Waals surface area contributed by atoms with Crippen LogP contribution in [0, 0.1) is 6.92 Å². The predicted octanol–water partition coefficient (Wildman–Crippen LogP) is 5.87. The molecular weight excluding hydrogens is 402 g/mol. The van der Waals surface area contributed by atoms with Crippen LogP contribution in [0.1, 0.15) is 15.9 Å². The lowest BCUT2D eigenvalue weighted by molar-refractivity contribution is 0.102. The number of thioether (sulfide) groups is 1. The van der Waals surface area contributed by atoms with E-state index in [9.17, 15) is 4.79 Å². The quantitative estimate of drug-likeness (QED) is 0.289. The maximum absolute atomic E-state index is 12.5. The van der Waals surface area contributed by atoms with Crippen LogP contribution in [0.25, 0.3) is 17.1 Å². The maximum atomic E-state index is 12.5. The average Bonchev–Trinajstić information content (AvgIpc) is 3.17. The fourth-order valence-corrected chi connectivity index (χ4v) is 4.01. The van der Waals surface area contributed by atoms with Gasteiger partial charge in [-0.1, -0.05) is 83.5 Å². The van der Waals surface area contributed by atoms with Gasteiger partial charge in [-0.15, -0.1) is 10.2 Å². The Bertz CT molecular complexity index is 1140. The molecule has 0 atom stereocenters. The van der Waals surface area contributed by atoms with Gasteiger partial charge in [0, 0.05) is 16.8 Å². The van der Waals surface area contributed by atoms with Gasteiger partial charge in [-0.2, -0.15) is 0 Å². The highest BCUT2D eigenvalue weighted by molar-refractivity contribution is 7.99. The SMILES string of the molecule is Cc1ccc(-n2c(SCC(=O)c3ccccc3)nnc2-c2ccccc2Cl)cc1. The highest BCUT2D eigenvalue weighted by Gasteiger charge is 2.19. The van der Waals surface area contributed by atoms with Crippen molar-refractivity contribution in [1.29, 1.82) is 0 Å². The van der Waals surface area contributed by atoms with Gasteiger partial charge in [0.1, 0.15) is 0 Å². The highest BCUT2D eigenvalue weighted by atomic mass is 35.5. The third kappa shape index (κ3) is 4.26. The first-order valence-corrected chi connectivity index (χ1v) is 10.5. The van der Waals surface area contributed by atoms with Crippen LogP contribution in [0.3, 0.4) is 0 Å². The third-order valence-electron chi connectivity index (χ3n) is 4.47. The summed E-state index contributed by atoms with van der Waals surface area (Å²) in [6.45, 7) is 2.04. The molecule has 0 aliphatic rings. The standard InChI is InChI=1S/C23H18ClN3OS/c1-16-11-13-18(14-12-16)27-22(19-9-5-6-10-20(19)24)25-26-23(27)29-15-21(28)17-7-3-2-4-8-17/h2-14H,15H2,1H3. The molecule has 0 bridgehead atoms. The molecule has 0 fully saturated rings. The molecular formula is C23H18ClN3OS. The molecule has 0 saturated carbocycles. The topological polar surface area (TPSA) is 47.8 Å². The molecule has 0 aliphatic carbocycles. The van der Waals surface area contributed by atoms with E-state index in [1.807, 2.05) is 90.4 Å². The summed E-state index contributed by atoms with van der Waals surface area (Å²) in [6.07, 6.45) is 0. The summed E-state index contributed by atoms with van der Waals surface area (Å²) >= 11 is 7.79. The van der Waals surface area contributed by atoms with E-state index in [4.69, 9.17) is 11.6 Å². The van der Waals surface area contributed by atoms with Gasteiger partial charge in [-0.25, -0.2) is 0 Å². The Balaban J connectivity index is 1.71. The molecule has 0 aliphatic heterocycles. The Kier molecular flexibility index (Phi) is 5.79. The minimum atomic E-state index is 0.0494. The molecule has 29 heavy (non-hydrogen) atoms. The Hall–Kier alpha value is -2.89. The second kappa shape index (κ2) is 8.64. The number of rotatable bonds is 6. The normalized spacial score (nSPS) is 10.8. The Morgan fingerprint density at radius 3 is 2.34 bits per heavy atom. The monoisotopic (exact) mass is 419 g/mol. The van der Waals surface area contributed by atoms with Crippen LogP contribution in [-0.4, -0.2) is 26.3 Å². The summed E-state index contributed by atoms with van der Waals surface area (Å²) in [7, 11) is 0. The van der Waals surface area contributed by atoms with Crippen molar-refractivity contribution in [1.82, 2.24) is 14.8 Å². The van der Waals surface area contributed by atoms with E-state index in [1.165, 1.54) is 11.8 Å². The van der Waals surface area contributed by atoms with Crippen LogP contribution in [0.2, 0.25) is 5.02 Å². The average molecular weight is 420 g/mol. The number of carbonyl (C=O) groups excluding carboxylic acids is 1. The number of aromatic nitrogens is 3. The molecule has 6 heteroatoms. The fraction of sp³-hybridized carbons (Fsp3) is 0.0870. The first-order chi connectivity index (χ1) is 14.1. The van der Waals surface area contributed by atoms with Crippen LogP contribution >= 0.6 is 23.4 Å². The van der Waals surface area contributed by atoms with E-state index in [-0.39, 0.29) is 11.5 Å². The number of carbonyl (C=O) groups is 1. The van der Waals surface area contributed by atoms with Gasteiger partial charge in [-0.05, 0) is 31.2 Å². The van der Waals surface area contributed by atoms with Gasteiger partial charge < -0.3 is 0 Å². The highest BCUT2D eigenvalue weighted by Crippen LogP contribution is 2.32. The molecule has 0 N–H and O–H groups in total. The first-order valence-electron chi connectivity index (χ1n) is 9.12. The van der Waals surface area contributed by atoms with E-state index < -0.39 is 0 Å². The number of hydrogen-bond acceptors (Lipinski definition) is 4. The zero-order valence-corrected chi connectivity index (χ0v) is 17.3. The maximum Gasteiger partial charge on any atom is 0.196 e. The van der Waals surface area contributed by atoms with Crippen molar-refractivity contribution in [2.75, 3.05) is 5.75 Å². The molecule has 0 radical (unpaired) electrons. The van der Waals surface area contributed by atoms with E-state index in [0.717, 1.165) is 16.8 Å². The minimum absolute atomic E-state index is 0.0494. The number of nitrogens with zero attached hydrogens (tertiary/aromatic N) is 3. The van der Waals surface area contributed by atoms with Crippen molar-refractivity contribution < 1.29 is 4.79 Å². The zero-order chi connectivity index (χ0) is 20.2. The van der Waals surface area contributed by atoms with Gasteiger partial charge in [0.2, 0.25) is 0 Å². The Morgan fingerprint density at radius 1 is 0.931 bits per heavy atom. The van der Waals surface area contributed by atoms with E-state index >= 15 is 0 Å². The largest absolute Gasteiger partial charge is 0.293 e. The summed E-state index contributed by atoms with van der Waals surface area (Å²) in [4.78, 5) is 12.5. The number of ketones is 1. The van der Waals surface area contributed by atoms with Crippen molar-refractivity contribution >= 4 is 29.1 Å². The van der Waals surface area contributed by atoms with Crippen LogP contribution in [0.5, 0.6) is 0 Å². The number of Topliss-reactive ketones (excluding diaryl/α,β-unsaturated/α-hetero) is 1. The first kappa shape index (κ1) is 19.4. The predicted molar refractivity (Wildman–Crippen MR) is 118 cm³/mol. The summed E-state index contributed by atoms with van der Waals surface area (Å²) in [5.41, 5.74) is 3.57. The van der Waals surface area contributed by atoms with Crippen LogP contribution < -0.4 is 0 Å². The molecule has 0 saturated heterocycles. The van der Waals surface area contributed by atoms with Crippen molar-refractivity contribution in [2.45, 2.75) is 12.1 Å². The minimum Gasteiger partial charge on any atom is -0.293 e. The lowest BCUT2D eigenvalue weighted by Crippen LogP contribution is -2.05. The van der Waals surface area contributed by atoms with Crippen molar-refractivity contribution in [2.24, 2.45) is 0 Å². The van der Waals surface area contributed by atoms with E-state index in [0.29, 0.717) is 21.6 Å². The summed E-state index contributed by atoms with van der Waals surface area (Å²) in [5.74, 6) is 0.971. The van der Waals surface area contributed by atoms with Crippen molar-refractivity contribution in [3.63, 3.8) is 0 Å². The van der Waals surface area contributed by atoms with Gasteiger partial charge in [0.05, 0.1) is 10.8 Å². The molecule has 0 amide bonds. The molecule has 0 spiro atoms. The van der Waals surface area contributed by atoms with Crippen molar-refractivity contribution in [3.8, 4) is 17.1 Å². The Morgan fingerprint density at radius 2 is 1.62 bits per heavy atom. The zero-order valence-electron chi connectivity index (χ0n) is 15.7. The van der Waals surface area contributed by atoms with Crippen LogP contribution in [0.4, 0.5) is 0 Å². The lowest BCUT2D eigenvalue weighted by Gasteiger charge is -2.11. The van der Waals surface area contributed by atoms with Gasteiger partial charge in [0.15, 0.2) is 16.8 Å². The fourth-order valence-electron chi connectivity index (χ4n) is 2.94. The Labute approximate surface area is 178 Å². The van der Waals surface area contributed by atoms with Gasteiger partial charge in [0.25, 0.3) is 0 Å². The molecule has 1 aromatic heterocycles. The number of hydrogen-bond donors (Lipinski definition) is 0. The van der Waals surface area contributed by atoms with Crippen LogP contribution in [0.15, 0.2) is 84.0 Å². The smallest absolute Gasteiger partial charge is 0.196 e. The molecule has 4 nitrogen and oxygen atoms in total.